The first-order chi connectivity index (χ1) is 9.31. The smallest absolute Gasteiger partial charge is 0.0701 e. The molecule has 2 aliphatic rings. The van der Waals surface area contributed by atoms with Crippen LogP contribution in [0, 0.1) is 0 Å². The highest BCUT2D eigenvalue weighted by molar-refractivity contribution is 4.94. The van der Waals surface area contributed by atoms with Crippen molar-refractivity contribution in [1.29, 1.82) is 0 Å². The molecule has 5 nitrogen and oxygen atoms in total. The van der Waals surface area contributed by atoms with Gasteiger partial charge < -0.3 is 19.3 Å². The summed E-state index contributed by atoms with van der Waals surface area (Å²) in [6.07, 6.45) is 4.28. The van der Waals surface area contributed by atoms with Crippen LogP contribution in [0.15, 0.2) is 0 Å². The molecule has 2 unspecified atom stereocenters. The molecule has 0 saturated carbocycles. The Labute approximate surface area is 115 Å². The molecule has 0 aromatic carbocycles. The summed E-state index contributed by atoms with van der Waals surface area (Å²) in [5.74, 6) is 0. The van der Waals surface area contributed by atoms with Crippen LogP contribution in [0.4, 0.5) is 0 Å². The Morgan fingerprint density at radius 3 is 2.16 bits per heavy atom. The lowest BCUT2D eigenvalue weighted by Crippen LogP contribution is -2.46. The molecular weight excluding hydrogens is 246 g/mol. The molecular formula is C14H27NO4. The van der Waals surface area contributed by atoms with Crippen molar-refractivity contribution >= 4 is 0 Å². The predicted molar refractivity (Wildman–Crippen MR) is 72.3 cm³/mol. The molecule has 2 aliphatic heterocycles. The molecule has 2 saturated heterocycles. The molecule has 0 spiro atoms. The van der Waals surface area contributed by atoms with E-state index in [4.69, 9.17) is 14.2 Å². The molecule has 0 amide bonds. The number of aliphatic hydroxyl groups excluding tert-OH is 1. The fraction of sp³-hybridized carbons (Fsp3) is 1.00. The van der Waals surface area contributed by atoms with E-state index in [-0.39, 0.29) is 6.10 Å². The highest BCUT2D eigenvalue weighted by Crippen LogP contribution is 2.35. The molecule has 1 N–H and O–H groups in total. The third-order valence-electron chi connectivity index (χ3n) is 4.16. The van der Waals surface area contributed by atoms with E-state index in [0.717, 1.165) is 26.0 Å². The van der Waals surface area contributed by atoms with Crippen molar-refractivity contribution in [1.82, 2.24) is 4.90 Å². The van der Waals surface area contributed by atoms with Gasteiger partial charge in [0.15, 0.2) is 0 Å². The van der Waals surface area contributed by atoms with Gasteiger partial charge in [0.1, 0.15) is 0 Å². The van der Waals surface area contributed by atoms with E-state index in [1.807, 2.05) is 0 Å². The van der Waals surface area contributed by atoms with Gasteiger partial charge in [0, 0.05) is 25.7 Å². The number of nitrogens with zero attached hydrogens (tertiary/aromatic N) is 1. The second kappa shape index (κ2) is 8.17. The Hall–Kier alpha value is -0.200. The van der Waals surface area contributed by atoms with Crippen LogP contribution < -0.4 is 0 Å². The van der Waals surface area contributed by atoms with E-state index in [2.05, 4.69) is 4.90 Å². The summed E-state index contributed by atoms with van der Waals surface area (Å²) in [6, 6.07) is 1.16. The van der Waals surface area contributed by atoms with Crippen molar-refractivity contribution in [2.45, 2.75) is 43.9 Å². The predicted octanol–water partition coefficient (Wildman–Crippen LogP) is 0.654. The molecule has 0 aromatic heterocycles. The largest absolute Gasteiger partial charge is 0.393 e. The molecule has 0 aromatic rings. The van der Waals surface area contributed by atoms with Gasteiger partial charge >= 0.3 is 0 Å². The number of ether oxygens (including phenoxy) is 3. The van der Waals surface area contributed by atoms with Crippen LogP contribution in [0.25, 0.3) is 0 Å². The van der Waals surface area contributed by atoms with Gasteiger partial charge in [-0.25, -0.2) is 0 Å². The Morgan fingerprint density at radius 1 is 0.947 bits per heavy atom. The minimum atomic E-state index is -0.0798. The molecule has 0 radical (unpaired) electrons. The Morgan fingerprint density at radius 2 is 1.53 bits per heavy atom. The lowest BCUT2D eigenvalue weighted by molar-refractivity contribution is -0.00254. The van der Waals surface area contributed by atoms with Crippen LogP contribution >= 0.6 is 0 Å². The summed E-state index contributed by atoms with van der Waals surface area (Å²) in [5, 5.41) is 9.74. The van der Waals surface area contributed by atoms with E-state index in [0.29, 0.717) is 38.5 Å². The zero-order valence-corrected chi connectivity index (χ0v) is 11.9. The van der Waals surface area contributed by atoms with Gasteiger partial charge in [-0.15, -0.1) is 0 Å². The molecule has 112 valence electrons. The van der Waals surface area contributed by atoms with Crippen LogP contribution in [0.2, 0.25) is 0 Å². The molecule has 2 atom stereocenters. The van der Waals surface area contributed by atoms with Gasteiger partial charge in [0.05, 0.1) is 39.1 Å². The van der Waals surface area contributed by atoms with Crippen LogP contribution in [0.1, 0.15) is 25.7 Å². The van der Waals surface area contributed by atoms with Crippen molar-refractivity contribution < 1.29 is 19.3 Å². The summed E-state index contributed by atoms with van der Waals surface area (Å²) >= 11 is 0. The lowest BCUT2D eigenvalue weighted by atomic mass is 10.0. The molecule has 0 aliphatic carbocycles. The topological polar surface area (TPSA) is 51.2 Å². The highest BCUT2D eigenvalue weighted by atomic mass is 16.5. The van der Waals surface area contributed by atoms with Gasteiger partial charge in [-0.1, -0.05) is 0 Å². The minimum Gasteiger partial charge on any atom is -0.393 e. The lowest BCUT2D eigenvalue weighted by Gasteiger charge is -2.36. The van der Waals surface area contributed by atoms with Crippen molar-refractivity contribution in [2.75, 3.05) is 46.7 Å². The maximum Gasteiger partial charge on any atom is 0.0701 e. The van der Waals surface area contributed by atoms with E-state index < -0.39 is 0 Å². The van der Waals surface area contributed by atoms with Crippen LogP contribution in [-0.4, -0.2) is 74.9 Å². The SMILES string of the molecule is COCCOCCOCCN1C2CCC1CC(O)C2. The Bertz CT molecular complexity index is 238. The van der Waals surface area contributed by atoms with Crippen molar-refractivity contribution in [2.24, 2.45) is 0 Å². The van der Waals surface area contributed by atoms with Gasteiger partial charge in [0.2, 0.25) is 0 Å². The average Bonchev–Trinajstić information content (AvgIpc) is 2.64. The average molecular weight is 273 g/mol. The van der Waals surface area contributed by atoms with Crippen molar-refractivity contribution in [3.05, 3.63) is 0 Å². The fourth-order valence-corrected chi connectivity index (χ4v) is 3.24. The quantitative estimate of drug-likeness (QED) is 0.625. The first-order valence-electron chi connectivity index (χ1n) is 7.39. The molecule has 2 bridgehead atoms. The van der Waals surface area contributed by atoms with Crippen LogP contribution in [0.5, 0.6) is 0 Å². The summed E-state index contributed by atoms with van der Waals surface area (Å²) in [7, 11) is 1.67. The zero-order valence-electron chi connectivity index (χ0n) is 11.9. The molecule has 2 rings (SSSR count). The molecule has 2 heterocycles. The number of hydrogen-bond donors (Lipinski definition) is 1. The third kappa shape index (κ3) is 4.68. The zero-order chi connectivity index (χ0) is 13.5. The molecule has 2 fully saturated rings. The monoisotopic (exact) mass is 273 g/mol. The Balaban J connectivity index is 1.50. The van der Waals surface area contributed by atoms with Gasteiger partial charge in [0.25, 0.3) is 0 Å². The first-order valence-corrected chi connectivity index (χ1v) is 7.39. The second-order valence-corrected chi connectivity index (χ2v) is 5.47. The van der Waals surface area contributed by atoms with Crippen molar-refractivity contribution in [3.8, 4) is 0 Å². The minimum absolute atomic E-state index is 0.0798. The van der Waals surface area contributed by atoms with E-state index in [1.165, 1.54) is 12.8 Å². The normalized spacial score (nSPS) is 30.9. The second-order valence-electron chi connectivity index (χ2n) is 5.47. The van der Waals surface area contributed by atoms with Crippen LogP contribution in [0.3, 0.4) is 0 Å². The number of hydrogen-bond acceptors (Lipinski definition) is 5. The van der Waals surface area contributed by atoms with Crippen molar-refractivity contribution in [3.63, 3.8) is 0 Å². The van der Waals surface area contributed by atoms with Gasteiger partial charge in [-0.2, -0.15) is 0 Å². The fourth-order valence-electron chi connectivity index (χ4n) is 3.24. The number of piperidine rings is 1. The molecule has 5 heteroatoms. The maximum absolute atomic E-state index is 9.74. The van der Waals surface area contributed by atoms with Gasteiger partial charge in [-0.05, 0) is 25.7 Å². The number of fused-ring (bicyclic) bond motifs is 2. The maximum atomic E-state index is 9.74. The van der Waals surface area contributed by atoms with E-state index in [9.17, 15) is 5.11 Å². The number of rotatable bonds is 9. The van der Waals surface area contributed by atoms with E-state index >= 15 is 0 Å². The van der Waals surface area contributed by atoms with Gasteiger partial charge in [-0.3, -0.25) is 4.90 Å². The summed E-state index contributed by atoms with van der Waals surface area (Å²) in [4.78, 5) is 2.53. The number of methoxy groups -OCH3 is 1. The van der Waals surface area contributed by atoms with E-state index in [1.54, 1.807) is 7.11 Å². The first kappa shape index (κ1) is 15.2. The third-order valence-corrected chi connectivity index (χ3v) is 4.16. The standard InChI is InChI=1S/C14H27NO4/c1-17-6-7-19-9-8-18-5-4-15-12-2-3-13(15)11-14(16)10-12/h12-14,16H,2-11H2,1H3. The molecule has 19 heavy (non-hydrogen) atoms. The Kier molecular flexibility index (Phi) is 6.53. The number of aliphatic hydroxyl groups is 1. The summed E-state index contributed by atoms with van der Waals surface area (Å²) < 4.78 is 15.8. The highest BCUT2D eigenvalue weighted by Gasteiger charge is 2.39. The van der Waals surface area contributed by atoms with Crippen LogP contribution in [-0.2, 0) is 14.2 Å². The summed E-state index contributed by atoms with van der Waals surface area (Å²) in [5.41, 5.74) is 0. The summed E-state index contributed by atoms with van der Waals surface area (Å²) in [6.45, 7) is 4.30.